The number of likely N-dealkylation sites (N-methyl/N-ethyl adjacent to an activating group) is 1. The summed E-state index contributed by atoms with van der Waals surface area (Å²) >= 11 is 0. The Balaban J connectivity index is 3.07. The largest absolute Gasteiger partial charge is 0.496 e. The summed E-state index contributed by atoms with van der Waals surface area (Å²) in [6.45, 7) is 4.82. The number of nitrogens with zero attached hydrogens (tertiary/aromatic N) is 1. The molecule has 0 aliphatic heterocycles. The predicted octanol–water partition coefficient (Wildman–Crippen LogP) is 2.19. The molecule has 1 unspecified atom stereocenters. The van der Waals surface area contributed by atoms with E-state index in [9.17, 15) is 0 Å². The second-order valence-electron chi connectivity index (χ2n) is 4.61. The minimum Gasteiger partial charge on any atom is -0.496 e. The second kappa shape index (κ2) is 6.61. The van der Waals surface area contributed by atoms with E-state index in [0.29, 0.717) is 0 Å². The Morgan fingerprint density at radius 2 is 1.94 bits per heavy atom. The molecule has 0 bridgehead atoms. The monoisotopic (exact) mass is 252 g/mol. The van der Waals surface area contributed by atoms with Crippen molar-refractivity contribution in [3.8, 4) is 5.75 Å². The van der Waals surface area contributed by atoms with E-state index >= 15 is 0 Å². The van der Waals surface area contributed by atoms with Gasteiger partial charge in [0.2, 0.25) is 0 Å². The standard InChI is InChI=1S/C14H24N2O2/c1-10(17-4)9-16(3)12-7-6-8-13(18-5)14(12)11(2)15/h6-8,10-11H,9,15H2,1-5H3/t10?,11-/m0/s1. The zero-order chi connectivity index (χ0) is 13.7. The highest BCUT2D eigenvalue weighted by molar-refractivity contribution is 5.60. The molecule has 2 atom stereocenters. The summed E-state index contributed by atoms with van der Waals surface area (Å²) in [5, 5.41) is 0. The Hall–Kier alpha value is -1.26. The first-order valence-corrected chi connectivity index (χ1v) is 6.17. The van der Waals surface area contributed by atoms with Crippen LogP contribution in [0, 0.1) is 0 Å². The van der Waals surface area contributed by atoms with Crippen molar-refractivity contribution < 1.29 is 9.47 Å². The van der Waals surface area contributed by atoms with Crippen LogP contribution in [0.2, 0.25) is 0 Å². The molecule has 0 amide bonds. The Labute approximate surface area is 110 Å². The lowest BCUT2D eigenvalue weighted by molar-refractivity contribution is 0.124. The summed E-state index contributed by atoms with van der Waals surface area (Å²) in [7, 11) is 5.43. The topological polar surface area (TPSA) is 47.7 Å². The average molecular weight is 252 g/mol. The van der Waals surface area contributed by atoms with Crippen molar-refractivity contribution in [3.05, 3.63) is 23.8 Å². The molecular weight excluding hydrogens is 228 g/mol. The first kappa shape index (κ1) is 14.8. The maximum absolute atomic E-state index is 6.05. The van der Waals surface area contributed by atoms with Crippen LogP contribution in [0.15, 0.2) is 18.2 Å². The summed E-state index contributed by atoms with van der Waals surface area (Å²) in [6, 6.07) is 5.91. The number of hydrogen-bond donors (Lipinski definition) is 1. The highest BCUT2D eigenvalue weighted by Gasteiger charge is 2.17. The first-order chi connectivity index (χ1) is 8.51. The van der Waals surface area contributed by atoms with Crippen molar-refractivity contribution in [1.29, 1.82) is 0 Å². The molecule has 1 aromatic rings. The van der Waals surface area contributed by atoms with Crippen LogP contribution < -0.4 is 15.4 Å². The smallest absolute Gasteiger partial charge is 0.125 e. The quantitative estimate of drug-likeness (QED) is 0.843. The van der Waals surface area contributed by atoms with Crippen LogP contribution in [0.1, 0.15) is 25.5 Å². The Morgan fingerprint density at radius 3 is 2.44 bits per heavy atom. The molecule has 0 fully saturated rings. The van der Waals surface area contributed by atoms with E-state index in [0.717, 1.165) is 23.5 Å². The van der Waals surface area contributed by atoms with Crippen molar-refractivity contribution in [1.82, 2.24) is 0 Å². The van der Waals surface area contributed by atoms with Gasteiger partial charge in [0.15, 0.2) is 0 Å². The zero-order valence-corrected chi connectivity index (χ0v) is 11.9. The molecule has 1 rings (SSSR count). The summed E-state index contributed by atoms with van der Waals surface area (Å²) in [5.74, 6) is 0.833. The Kier molecular flexibility index (Phi) is 5.44. The molecule has 4 heteroatoms. The molecule has 1 aromatic carbocycles. The maximum atomic E-state index is 6.05. The third-order valence-electron chi connectivity index (χ3n) is 3.06. The molecule has 0 aromatic heterocycles. The molecule has 4 nitrogen and oxygen atoms in total. The highest BCUT2D eigenvalue weighted by atomic mass is 16.5. The third-order valence-corrected chi connectivity index (χ3v) is 3.06. The Morgan fingerprint density at radius 1 is 1.28 bits per heavy atom. The van der Waals surface area contributed by atoms with Gasteiger partial charge in [-0.15, -0.1) is 0 Å². The van der Waals surface area contributed by atoms with Gasteiger partial charge in [-0.05, 0) is 26.0 Å². The SMILES string of the molecule is COc1cccc(N(C)CC(C)OC)c1[C@H](C)N. The van der Waals surface area contributed by atoms with E-state index in [1.165, 1.54) is 0 Å². The third kappa shape index (κ3) is 3.37. The second-order valence-corrected chi connectivity index (χ2v) is 4.61. The highest BCUT2D eigenvalue weighted by Crippen LogP contribution is 2.33. The number of anilines is 1. The van der Waals surface area contributed by atoms with E-state index in [2.05, 4.69) is 11.0 Å². The van der Waals surface area contributed by atoms with Crippen LogP contribution in [-0.2, 0) is 4.74 Å². The molecule has 0 saturated heterocycles. The number of methoxy groups -OCH3 is 2. The van der Waals surface area contributed by atoms with Gasteiger partial charge in [0, 0.05) is 38.0 Å². The summed E-state index contributed by atoms with van der Waals surface area (Å²) < 4.78 is 10.7. The van der Waals surface area contributed by atoms with Gasteiger partial charge in [-0.25, -0.2) is 0 Å². The van der Waals surface area contributed by atoms with Crippen LogP contribution >= 0.6 is 0 Å². The van der Waals surface area contributed by atoms with Gasteiger partial charge in [-0.3, -0.25) is 0 Å². The fourth-order valence-corrected chi connectivity index (χ4v) is 2.06. The van der Waals surface area contributed by atoms with Gasteiger partial charge in [-0.1, -0.05) is 6.07 Å². The molecule has 0 aliphatic carbocycles. The maximum Gasteiger partial charge on any atom is 0.125 e. The normalized spacial score (nSPS) is 14.1. The van der Waals surface area contributed by atoms with Gasteiger partial charge in [-0.2, -0.15) is 0 Å². The van der Waals surface area contributed by atoms with Crippen LogP contribution in [-0.4, -0.2) is 33.9 Å². The summed E-state index contributed by atoms with van der Waals surface area (Å²) in [6.07, 6.45) is 0.169. The molecule has 2 N–H and O–H groups in total. The first-order valence-electron chi connectivity index (χ1n) is 6.17. The number of benzene rings is 1. The number of ether oxygens (including phenoxy) is 2. The molecule has 0 heterocycles. The minimum absolute atomic E-state index is 0.0727. The summed E-state index contributed by atoms with van der Waals surface area (Å²) in [5.41, 5.74) is 8.18. The molecule has 0 radical (unpaired) electrons. The van der Waals surface area contributed by atoms with E-state index in [4.69, 9.17) is 15.2 Å². The van der Waals surface area contributed by atoms with Crippen molar-refractivity contribution in [2.75, 3.05) is 32.7 Å². The van der Waals surface area contributed by atoms with Gasteiger partial charge < -0.3 is 20.1 Å². The molecule has 0 aliphatic rings. The van der Waals surface area contributed by atoms with Crippen molar-refractivity contribution in [2.24, 2.45) is 5.73 Å². The van der Waals surface area contributed by atoms with Crippen LogP contribution in [0.3, 0.4) is 0 Å². The molecule has 102 valence electrons. The number of rotatable bonds is 6. The molecule has 0 spiro atoms. The van der Waals surface area contributed by atoms with Crippen molar-refractivity contribution >= 4 is 5.69 Å². The zero-order valence-electron chi connectivity index (χ0n) is 11.9. The summed E-state index contributed by atoms with van der Waals surface area (Å²) in [4.78, 5) is 2.15. The van der Waals surface area contributed by atoms with E-state index in [1.807, 2.05) is 33.0 Å². The van der Waals surface area contributed by atoms with E-state index in [-0.39, 0.29) is 12.1 Å². The molecule has 18 heavy (non-hydrogen) atoms. The minimum atomic E-state index is -0.0727. The van der Waals surface area contributed by atoms with E-state index in [1.54, 1.807) is 14.2 Å². The van der Waals surface area contributed by atoms with Crippen LogP contribution in [0.4, 0.5) is 5.69 Å². The number of hydrogen-bond acceptors (Lipinski definition) is 4. The fourth-order valence-electron chi connectivity index (χ4n) is 2.06. The molecule has 0 saturated carbocycles. The van der Waals surface area contributed by atoms with Crippen LogP contribution in [0.5, 0.6) is 5.75 Å². The Bertz CT molecular complexity index is 380. The van der Waals surface area contributed by atoms with E-state index < -0.39 is 0 Å². The lowest BCUT2D eigenvalue weighted by Gasteiger charge is -2.27. The van der Waals surface area contributed by atoms with Gasteiger partial charge in [0.1, 0.15) is 5.75 Å². The van der Waals surface area contributed by atoms with Gasteiger partial charge in [0.25, 0.3) is 0 Å². The van der Waals surface area contributed by atoms with Gasteiger partial charge >= 0.3 is 0 Å². The fraction of sp³-hybridized carbons (Fsp3) is 0.571. The average Bonchev–Trinajstić information content (AvgIpc) is 2.37. The lowest BCUT2D eigenvalue weighted by atomic mass is 10.0. The van der Waals surface area contributed by atoms with Crippen LogP contribution in [0.25, 0.3) is 0 Å². The molecular formula is C14H24N2O2. The van der Waals surface area contributed by atoms with Crippen molar-refractivity contribution in [3.63, 3.8) is 0 Å². The lowest BCUT2D eigenvalue weighted by Crippen LogP contribution is -2.29. The van der Waals surface area contributed by atoms with Crippen molar-refractivity contribution in [2.45, 2.75) is 26.0 Å². The van der Waals surface area contributed by atoms with Gasteiger partial charge in [0.05, 0.1) is 13.2 Å². The predicted molar refractivity (Wildman–Crippen MR) is 75.3 cm³/mol. The number of nitrogens with two attached hydrogens (primary N) is 1.